The van der Waals surface area contributed by atoms with Crippen LogP contribution >= 0.6 is 7.14 Å². The Morgan fingerprint density at radius 2 is 1.94 bits per heavy atom. The van der Waals surface area contributed by atoms with Crippen LogP contribution in [0, 0.1) is 5.82 Å². The van der Waals surface area contributed by atoms with Gasteiger partial charge in [0, 0.05) is 30.5 Å². The number of rotatable bonds is 5. The number of alkyl halides is 2. The number of allylic oxidation sites excluding steroid dienone is 2. The van der Waals surface area contributed by atoms with E-state index in [1.165, 1.54) is 23.0 Å². The second kappa shape index (κ2) is 8.78. The normalized spacial score (nSPS) is 19.5. The van der Waals surface area contributed by atoms with Crippen LogP contribution in [-0.2, 0) is 11.6 Å². The van der Waals surface area contributed by atoms with E-state index in [1.807, 2.05) is 6.08 Å². The molecule has 1 unspecified atom stereocenters. The molecule has 4 rings (SSSR count). The van der Waals surface area contributed by atoms with Gasteiger partial charge in [-0.3, -0.25) is 9.36 Å². The van der Waals surface area contributed by atoms with Gasteiger partial charge in [0.05, 0.1) is 24.1 Å². The zero-order valence-electron chi connectivity index (χ0n) is 18.5. The minimum Gasteiger partial charge on any atom is -0.363 e. The van der Waals surface area contributed by atoms with Crippen LogP contribution < -0.4 is 10.9 Å². The Balaban J connectivity index is 1.78. The largest absolute Gasteiger partial charge is 0.363 e. The first kappa shape index (κ1) is 23.2. The van der Waals surface area contributed by atoms with E-state index >= 15 is 0 Å². The van der Waals surface area contributed by atoms with Crippen LogP contribution in [0.15, 0.2) is 41.5 Å². The molecule has 1 aliphatic heterocycles. The number of nitrogens with one attached hydrogen (secondary N) is 1. The van der Waals surface area contributed by atoms with E-state index in [0.29, 0.717) is 41.2 Å². The zero-order chi connectivity index (χ0) is 23.9. The molecule has 0 saturated carbocycles. The van der Waals surface area contributed by atoms with Crippen LogP contribution in [0.1, 0.15) is 42.5 Å². The summed E-state index contributed by atoms with van der Waals surface area (Å²) in [6, 6.07) is 4.91. The average molecular weight is 476 g/mol. The molecule has 2 aromatic heterocycles. The Hall–Kier alpha value is -2.93. The fourth-order valence-corrected chi connectivity index (χ4v) is 5.57. The third-order valence-electron chi connectivity index (χ3n) is 6.04. The minimum atomic E-state index is -2.92. The predicted octanol–water partition coefficient (Wildman–Crippen LogP) is 5.36. The smallest absolute Gasteiger partial charge is 0.266 e. The fraction of sp³-hybridized carbons (Fsp3) is 0.348. The van der Waals surface area contributed by atoms with Crippen molar-refractivity contribution in [3.8, 4) is 0 Å². The van der Waals surface area contributed by atoms with Crippen LogP contribution in [0.25, 0.3) is 16.6 Å². The van der Waals surface area contributed by atoms with E-state index in [2.05, 4.69) is 15.3 Å². The van der Waals surface area contributed by atoms with Gasteiger partial charge in [0.2, 0.25) is 0 Å². The second-order valence-corrected chi connectivity index (χ2v) is 11.9. The van der Waals surface area contributed by atoms with Gasteiger partial charge in [0.25, 0.3) is 12.0 Å². The van der Waals surface area contributed by atoms with Gasteiger partial charge >= 0.3 is 0 Å². The molecule has 6 nitrogen and oxygen atoms in total. The molecule has 0 spiro atoms. The van der Waals surface area contributed by atoms with Crippen LogP contribution in [0.2, 0.25) is 0 Å². The molecule has 174 valence electrons. The van der Waals surface area contributed by atoms with Gasteiger partial charge < -0.3 is 9.88 Å². The average Bonchev–Trinajstić information content (AvgIpc) is 2.76. The highest BCUT2D eigenvalue weighted by atomic mass is 31.2. The molecular weight excluding hydrogens is 452 g/mol. The molecule has 1 N–H and O–H groups in total. The van der Waals surface area contributed by atoms with Crippen molar-refractivity contribution >= 4 is 29.6 Å². The molecule has 3 aromatic rings. The molecule has 0 saturated heterocycles. The first-order chi connectivity index (χ1) is 15.6. The van der Waals surface area contributed by atoms with Gasteiger partial charge in [-0.05, 0) is 31.6 Å². The fourth-order valence-electron chi connectivity index (χ4n) is 4.07. The molecule has 0 aliphatic carbocycles. The number of aromatic nitrogens is 3. The van der Waals surface area contributed by atoms with E-state index in [1.54, 1.807) is 26.7 Å². The van der Waals surface area contributed by atoms with Gasteiger partial charge in [0.15, 0.2) is 0 Å². The van der Waals surface area contributed by atoms with E-state index < -0.39 is 31.0 Å². The summed E-state index contributed by atoms with van der Waals surface area (Å²) in [4.78, 5) is 21.5. The Morgan fingerprint density at radius 3 is 2.61 bits per heavy atom. The Kier molecular flexibility index (Phi) is 6.18. The number of benzene rings is 1. The summed E-state index contributed by atoms with van der Waals surface area (Å²) < 4.78 is 54.7. The number of hydrogen-bond acceptors (Lipinski definition) is 5. The predicted molar refractivity (Wildman–Crippen MR) is 124 cm³/mol. The van der Waals surface area contributed by atoms with Crippen molar-refractivity contribution < 1.29 is 17.7 Å². The SMILES string of the molecule is C[C@@H](Nc1ncnc2c1cc(C1=CCP(C)(=O)CC1)c(=O)n2C)c1cccc(C(F)F)c1F. The lowest BCUT2D eigenvalue weighted by molar-refractivity contribution is 0.146. The van der Waals surface area contributed by atoms with Crippen LogP contribution in [-0.4, -0.2) is 33.5 Å². The number of hydrogen-bond donors (Lipinski definition) is 1. The maximum absolute atomic E-state index is 14.6. The molecule has 1 aromatic carbocycles. The first-order valence-corrected chi connectivity index (χ1v) is 13.0. The molecular formula is C23H24F3N4O2P. The first-order valence-electron chi connectivity index (χ1n) is 10.5. The lowest BCUT2D eigenvalue weighted by Crippen LogP contribution is -2.23. The van der Waals surface area contributed by atoms with E-state index in [-0.39, 0.29) is 11.1 Å². The van der Waals surface area contributed by atoms with Crippen molar-refractivity contribution in [1.29, 1.82) is 0 Å². The molecule has 3 heterocycles. The molecule has 1 aliphatic rings. The number of aryl methyl sites for hydroxylation is 1. The summed E-state index contributed by atoms with van der Waals surface area (Å²) in [5, 5.41) is 3.62. The summed E-state index contributed by atoms with van der Waals surface area (Å²) >= 11 is 0. The van der Waals surface area contributed by atoms with Gasteiger partial charge in [0.1, 0.15) is 23.6 Å². The Labute approximate surface area is 188 Å². The number of nitrogens with zero attached hydrogens (tertiary/aromatic N) is 3. The Morgan fingerprint density at radius 1 is 1.21 bits per heavy atom. The highest BCUT2D eigenvalue weighted by Crippen LogP contribution is 2.47. The van der Waals surface area contributed by atoms with E-state index in [9.17, 15) is 22.5 Å². The number of anilines is 1. The monoisotopic (exact) mass is 476 g/mol. The maximum Gasteiger partial charge on any atom is 0.266 e. The van der Waals surface area contributed by atoms with Gasteiger partial charge in [-0.15, -0.1) is 0 Å². The zero-order valence-corrected chi connectivity index (χ0v) is 19.4. The van der Waals surface area contributed by atoms with Crippen molar-refractivity contribution in [3.05, 3.63) is 69.5 Å². The summed E-state index contributed by atoms with van der Waals surface area (Å²) in [6.07, 6.45) is 1.74. The highest BCUT2D eigenvalue weighted by molar-refractivity contribution is 7.63. The summed E-state index contributed by atoms with van der Waals surface area (Å²) in [5.41, 5.74) is 0.877. The number of fused-ring (bicyclic) bond motifs is 1. The van der Waals surface area contributed by atoms with E-state index in [0.717, 1.165) is 11.6 Å². The van der Waals surface area contributed by atoms with Gasteiger partial charge in [-0.2, -0.15) is 0 Å². The maximum atomic E-state index is 14.6. The Bertz CT molecular complexity index is 1370. The molecule has 33 heavy (non-hydrogen) atoms. The quantitative estimate of drug-likeness (QED) is 0.502. The van der Waals surface area contributed by atoms with Crippen molar-refractivity contribution in [2.45, 2.75) is 25.8 Å². The van der Waals surface area contributed by atoms with Crippen LogP contribution in [0.4, 0.5) is 19.0 Å². The van der Waals surface area contributed by atoms with Gasteiger partial charge in [-0.1, -0.05) is 24.3 Å². The summed E-state index contributed by atoms with van der Waals surface area (Å²) in [7, 11) is -0.604. The molecule has 0 fully saturated rings. The lowest BCUT2D eigenvalue weighted by atomic mass is 10.0. The number of halogens is 3. The van der Waals surface area contributed by atoms with Crippen LogP contribution in [0.3, 0.4) is 0 Å². The molecule has 10 heteroatoms. The third kappa shape index (κ3) is 4.47. The molecule has 0 amide bonds. The van der Waals surface area contributed by atoms with Crippen molar-refractivity contribution in [1.82, 2.24) is 14.5 Å². The summed E-state index contributed by atoms with van der Waals surface area (Å²) in [5.74, 6) is -0.612. The molecule has 2 atom stereocenters. The number of pyridine rings is 1. The van der Waals surface area contributed by atoms with E-state index in [4.69, 9.17) is 0 Å². The standard InChI is InChI=1S/C23H24F3N4O2P/c1-13(15-5-4-6-16(19(15)24)20(25)26)29-21-18-11-17(14-7-9-33(3,32)10-8-14)23(31)30(2)22(18)28-12-27-21/h4-7,11-13,20H,8-10H2,1-3H3,(H,27,28,29)/t13-,33?/m1/s1. The summed E-state index contributed by atoms with van der Waals surface area (Å²) in [6.45, 7) is 3.41. The topological polar surface area (TPSA) is 76.9 Å². The lowest BCUT2D eigenvalue weighted by Gasteiger charge is -2.21. The molecule has 0 radical (unpaired) electrons. The van der Waals surface area contributed by atoms with Crippen molar-refractivity contribution in [2.24, 2.45) is 7.05 Å². The second-order valence-electron chi connectivity index (χ2n) is 8.48. The highest BCUT2D eigenvalue weighted by Gasteiger charge is 2.24. The molecule has 0 bridgehead atoms. The van der Waals surface area contributed by atoms with Gasteiger partial charge in [-0.25, -0.2) is 23.1 Å². The minimum absolute atomic E-state index is 0.0818. The van der Waals surface area contributed by atoms with Crippen molar-refractivity contribution in [2.75, 3.05) is 24.3 Å². The van der Waals surface area contributed by atoms with Crippen molar-refractivity contribution in [3.63, 3.8) is 0 Å². The van der Waals surface area contributed by atoms with Crippen LogP contribution in [0.5, 0.6) is 0 Å². The third-order valence-corrected chi connectivity index (χ3v) is 8.17.